The van der Waals surface area contributed by atoms with E-state index in [4.69, 9.17) is 18.0 Å². The molecule has 0 bridgehead atoms. The van der Waals surface area contributed by atoms with Gasteiger partial charge in [0.2, 0.25) is 5.91 Å². The highest BCUT2D eigenvalue weighted by molar-refractivity contribution is 7.80. The number of rotatable bonds is 5. The van der Waals surface area contributed by atoms with E-state index in [1.807, 2.05) is 13.8 Å². The van der Waals surface area contributed by atoms with Crippen LogP contribution in [0.15, 0.2) is 18.2 Å². The van der Waals surface area contributed by atoms with Crippen LogP contribution in [0.5, 0.6) is 0 Å². The Kier molecular flexibility index (Phi) is 5.23. The van der Waals surface area contributed by atoms with E-state index in [1.54, 1.807) is 24.1 Å². The number of nitrogens with two attached hydrogens (primary N) is 1. The number of nitrogens with one attached hydrogen (secondary N) is 1. The molecule has 1 amide bonds. The average Bonchev–Trinajstić information content (AvgIpc) is 2.26. The van der Waals surface area contributed by atoms with Gasteiger partial charge in [0.05, 0.1) is 17.8 Å². The molecule has 0 atom stereocenters. The number of carbonyl (C=O) groups is 1. The summed E-state index contributed by atoms with van der Waals surface area (Å²) in [6.07, 6.45) is 0. The van der Waals surface area contributed by atoms with Crippen LogP contribution >= 0.6 is 12.2 Å². The van der Waals surface area contributed by atoms with E-state index in [2.05, 4.69) is 5.32 Å². The molecule has 1 aromatic rings. The number of thiocarbonyl (C=S) groups is 1. The van der Waals surface area contributed by atoms with Gasteiger partial charge in [0.25, 0.3) is 0 Å². The molecule has 0 aliphatic heterocycles. The molecule has 0 fully saturated rings. The largest absolute Gasteiger partial charge is 0.389 e. The lowest BCUT2D eigenvalue weighted by Gasteiger charge is -2.22. The van der Waals surface area contributed by atoms with Gasteiger partial charge in [-0.15, -0.1) is 0 Å². The quantitative estimate of drug-likeness (QED) is 0.803. The first kappa shape index (κ1) is 15.4. The summed E-state index contributed by atoms with van der Waals surface area (Å²) in [6.45, 7) is 3.86. The number of anilines is 1. The fourth-order valence-electron chi connectivity index (χ4n) is 1.74. The van der Waals surface area contributed by atoms with Crippen molar-refractivity contribution in [2.24, 2.45) is 5.73 Å². The highest BCUT2D eigenvalue weighted by Crippen LogP contribution is 2.22. The van der Waals surface area contributed by atoms with E-state index in [0.717, 1.165) is 0 Å². The van der Waals surface area contributed by atoms with Crippen molar-refractivity contribution in [2.75, 3.05) is 18.5 Å². The topological polar surface area (TPSA) is 58.4 Å². The highest BCUT2D eigenvalue weighted by atomic mass is 32.1. The molecule has 1 aromatic carbocycles. The number of amides is 1. The fourth-order valence-corrected chi connectivity index (χ4v) is 1.95. The second-order valence-corrected chi connectivity index (χ2v) is 5.02. The lowest BCUT2D eigenvalue weighted by atomic mass is 10.1. The normalized spacial score (nSPS) is 10.4. The maximum atomic E-state index is 13.7. The van der Waals surface area contributed by atoms with Gasteiger partial charge < -0.3 is 16.0 Å². The molecular weight excluding hydrogens is 265 g/mol. The number of halogens is 1. The third kappa shape index (κ3) is 4.17. The van der Waals surface area contributed by atoms with Crippen molar-refractivity contribution in [1.82, 2.24) is 5.32 Å². The first-order chi connectivity index (χ1) is 8.82. The summed E-state index contributed by atoms with van der Waals surface area (Å²) >= 11 is 4.85. The molecule has 19 heavy (non-hydrogen) atoms. The molecule has 0 aliphatic carbocycles. The predicted molar refractivity (Wildman–Crippen MR) is 78.8 cm³/mol. The number of hydrogen-bond donors (Lipinski definition) is 2. The Morgan fingerprint density at radius 1 is 1.53 bits per heavy atom. The Balaban J connectivity index is 2.94. The Hall–Kier alpha value is -1.69. The van der Waals surface area contributed by atoms with Crippen LogP contribution in [-0.4, -0.2) is 30.5 Å². The van der Waals surface area contributed by atoms with E-state index < -0.39 is 5.82 Å². The SMILES string of the molecule is CC(C)NC(=O)CN(C)c1cccc(F)c1C(N)=S. The summed E-state index contributed by atoms with van der Waals surface area (Å²) in [6, 6.07) is 4.59. The Bertz CT molecular complexity index is 491. The van der Waals surface area contributed by atoms with Gasteiger partial charge in [-0.05, 0) is 26.0 Å². The van der Waals surface area contributed by atoms with Crippen LogP contribution < -0.4 is 16.0 Å². The zero-order chi connectivity index (χ0) is 14.6. The standard InChI is InChI=1S/C13H18FN3OS/c1-8(2)16-11(18)7-17(3)10-6-4-5-9(14)12(10)13(15)19/h4-6,8H,7H2,1-3H3,(H2,15,19)(H,16,18). The molecule has 0 aromatic heterocycles. The van der Waals surface area contributed by atoms with Crippen molar-refractivity contribution in [3.63, 3.8) is 0 Å². The zero-order valence-corrected chi connectivity index (χ0v) is 12.1. The van der Waals surface area contributed by atoms with Crippen molar-refractivity contribution >= 4 is 28.8 Å². The van der Waals surface area contributed by atoms with Crippen molar-refractivity contribution in [3.05, 3.63) is 29.6 Å². The summed E-state index contributed by atoms with van der Waals surface area (Å²) in [5.41, 5.74) is 6.20. The van der Waals surface area contributed by atoms with E-state index in [-0.39, 0.29) is 29.0 Å². The van der Waals surface area contributed by atoms with Crippen LogP contribution in [-0.2, 0) is 4.79 Å². The molecule has 0 radical (unpaired) electrons. The molecule has 6 heteroatoms. The van der Waals surface area contributed by atoms with Gasteiger partial charge in [-0.2, -0.15) is 0 Å². The maximum absolute atomic E-state index is 13.7. The van der Waals surface area contributed by atoms with Gasteiger partial charge in [-0.1, -0.05) is 18.3 Å². The summed E-state index contributed by atoms with van der Waals surface area (Å²) in [5, 5.41) is 2.77. The van der Waals surface area contributed by atoms with Crippen molar-refractivity contribution in [2.45, 2.75) is 19.9 Å². The maximum Gasteiger partial charge on any atom is 0.239 e. The smallest absolute Gasteiger partial charge is 0.239 e. The molecule has 104 valence electrons. The van der Waals surface area contributed by atoms with Gasteiger partial charge >= 0.3 is 0 Å². The Morgan fingerprint density at radius 2 is 2.16 bits per heavy atom. The average molecular weight is 283 g/mol. The Labute approximate surface area is 117 Å². The van der Waals surface area contributed by atoms with Gasteiger partial charge in [0.15, 0.2) is 0 Å². The molecule has 4 nitrogen and oxygen atoms in total. The van der Waals surface area contributed by atoms with Gasteiger partial charge in [0, 0.05) is 13.1 Å². The van der Waals surface area contributed by atoms with E-state index in [9.17, 15) is 9.18 Å². The van der Waals surface area contributed by atoms with Crippen molar-refractivity contribution < 1.29 is 9.18 Å². The van der Waals surface area contributed by atoms with Gasteiger partial charge in [0.1, 0.15) is 10.8 Å². The number of nitrogens with zero attached hydrogens (tertiary/aromatic N) is 1. The van der Waals surface area contributed by atoms with Crippen LogP contribution in [0.3, 0.4) is 0 Å². The van der Waals surface area contributed by atoms with Crippen molar-refractivity contribution in [3.8, 4) is 0 Å². The van der Waals surface area contributed by atoms with Crippen LogP contribution in [0.4, 0.5) is 10.1 Å². The van der Waals surface area contributed by atoms with E-state index in [0.29, 0.717) is 5.69 Å². The second kappa shape index (κ2) is 6.47. The summed E-state index contributed by atoms with van der Waals surface area (Å²) < 4.78 is 13.7. The van der Waals surface area contributed by atoms with Crippen molar-refractivity contribution in [1.29, 1.82) is 0 Å². The minimum absolute atomic E-state index is 0.0239. The molecule has 0 spiro atoms. The van der Waals surface area contributed by atoms with Crippen LogP contribution in [0.2, 0.25) is 0 Å². The molecule has 0 saturated carbocycles. The first-order valence-electron chi connectivity index (χ1n) is 5.91. The monoisotopic (exact) mass is 283 g/mol. The van der Waals surface area contributed by atoms with Crippen LogP contribution in [0.1, 0.15) is 19.4 Å². The lowest BCUT2D eigenvalue weighted by molar-refractivity contribution is -0.120. The number of hydrogen-bond acceptors (Lipinski definition) is 3. The van der Waals surface area contributed by atoms with Crippen LogP contribution in [0, 0.1) is 5.82 Å². The zero-order valence-electron chi connectivity index (χ0n) is 11.2. The molecule has 0 heterocycles. The molecule has 0 saturated heterocycles. The second-order valence-electron chi connectivity index (χ2n) is 4.58. The lowest BCUT2D eigenvalue weighted by Crippen LogP contribution is -2.39. The minimum atomic E-state index is -0.485. The van der Waals surface area contributed by atoms with E-state index >= 15 is 0 Å². The number of likely N-dealkylation sites (N-methyl/N-ethyl adjacent to an activating group) is 1. The molecule has 3 N–H and O–H groups in total. The number of benzene rings is 1. The molecule has 0 aliphatic rings. The summed E-state index contributed by atoms with van der Waals surface area (Å²) in [7, 11) is 1.69. The molecular formula is C13H18FN3OS. The third-order valence-corrected chi connectivity index (χ3v) is 2.68. The van der Waals surface area contributed by atoms with E-state index in [1.165, 1.54) is 6.07 Å². The first-order valence-corrected chi connectivity index (χ1v) is 6.32. The fraction of sp³-hybridized carbons (Fsp3) is 0.385. The molecule has 0 unspecified atom stereocenters. The predicted octanol–water partition coefficient (Wildman–Crippen LogP) is 1.42. The summed E-state index contributed by atoms with van der Waals surface area (Å²) in [5.74, 6) is -0.628. The molecule has 1 rings (SSSR count). The third-order valence-electron chi connectivity index (χ3n) is 2.48. The minimum Gasteiger partial charge on any atom is -0.389 e. The summed E-state index contributed by atoms with van der Waals surface area (Å²) in [4.78, 5) is 13.3. The highest BCUT2D eigenvalue weighted by Gasteiger charge is 2.16. The van der Waals surface area contributed by atoms with Crippen LogP contribution in [0.25, 0.3) is 0 Å². The Morgan fingerprint density at radius 3 is 2.68 bits per heavy atom. The number of carbonyl (C=O) groups excluding carboxylic acids is 1. The van der Waals surface area contributed by atoms with Gasteiger partial charge in [-0.3, -0.25) is 4.79 Å². The van der Waals surface area contributed by atoms with Gasteiger partial charge in [-0.25, -0.2) is 4.39 Å².